The molecule has 76 valence electrons. The van der Waals surface area contributed by atoms with E-state index in [1.807, 2.05) is 0 Å². The molecular weight excluding hydrogens is 185 g/mol. The first-order valence-corrected chi connectivity index (χ1v) is 3.93. The molecule has 0 aromatic rings. The van der Waals surface area contributed by atoms with Crippen molar-refractivity contribution in [3.63, 3.8) is 0 Å². The second-order valence-electron chi connectivity index (χ2n) is 2.68. The normalized spacial score (nSPS) is 10.6. The summed E-state index contributed by atoms with van der Waals surface area (Å²) >= 11 is 0. The van der Waals surface area contributed by atoms with Crippen molar-refractivity contribution in [2.45, 2.75) is 13.3 Å². The molecule has 0 saturated carbocycles. The van der Waals surface area contributed by atoms with Crippen LogP contribution < -0.4 is 5.32 Å². The van der Waals surface area contributed by atoms with Crippen molar-refractivity contribution in [1.29, 1.82) is 0 Å². The fourth-order valence-corrected chi connectivity index (χ4v) is 0.746. The Hall–Kier alpha value is -1.71. The number of carbonyl (C=O) groups is 2. The van der Waals surface area contributed by atoms with Gasteiger partial charge in [0, 0.05) is 5.70 Å². The summed E-state index contributed by atoms with van der Waals surface area (Å²) in [4.78, 5) is 21.6. The van der Waals surface area contributed by atoms with Crippen LogP contribution in [0.25, 0.3) is 0 Å². The van der Waals surface area contributed by atoms with Gasteiger partial charge in [-0.25, -0.2) is 4.39 Å². The third kappa shape index (κ3) is 5.88. The molecule has 1 amide bonds. The van der Waals surface area contributed by atoms with Crippen LogP contribution in [-0.2, 0) is 9.59 Å². The highest BCUT2D eigenvalue weighted by atomic mass is 19.1. The minimum absolute atomic E-state index is 0.184. The van der Waals surface area contributed by atoms with Crippen molar-refractivity contribution in [2.24, 2.45) is 0 Å². The van der Waals surface area contributed by atoms with E-state index in [0.29, 0.717) is 0 Å². The van der Waals surface area contributed by atoms with Gasteiger partial charge in [-0.2, -0.15) is 0 Å². The molecule has 0 spiro atoms. The smallest absolute Gasteiger partial charge is 0.231 e. The number of allylic oxidation sites excluding steroid dienone is 3. The summed E-state index contributed by atoms with van der Waals surface area (Å²) in [6.45, 7) is 7.67. The highest BCUT2D eigenvalue weighted by molar-refractivity contribution is 5.97. The molecule has 0 rings (SSSR count). The number of Topliss-reactive ketones (excluding diaryl/α,β-unsaturated/α-hetero) is 1. The van der Waals surface area contributed by atoms with Crippen LogP contribution in [0, 0.1) is 0 Å². The lowest BCUT2D eigenvalue weighted by Crippen LogP contribution is -2.23. The average Bonchev–Trinajstić information content (AvgIpc) is 2.00. The number of nitrogens with one attached hydrogen (secondary N) is 1. The van der Waals surface area contributed by atoms with Crippen LogP contribution >= 0.6 is 0 Å². The van der Waals surface area contributed by atoms with Gasteiger partial charge in [-0.05, 0) is 19.1 Å². The molecule has 0 atom stereocenters. The molecule has 0 aromatic carbocycles. The Labute approximate surface area is 82.0 Å². The molecular formula is C10H12FNO2. The predicted octanol–water partition coefficient (Wildman–Crippen LogP) is 1.63. The monoisotopic (exact) mass is 197 g/mol. The molecule has 0 aliphatic carbocycles. The number of hydrogen-bond acceptors (Lipinski definition) is 2. The SMILES string of the molecule is C=C/C(=C\C(=C)F)NC(=O)CC(C)=O. The third-order valence-electron chi connectivity index (χ3n) is 1.23. The van der Waals surface area contributed by atoms with Crippen molar-refractivity contribution < 1.29 is 14.0 Å². The Balaban J connectivity index is 4.33. The van der Waals surface area contributed by atoms with Gasteiger partial charge in [0.2, 0.25) is 5.91 Å². The molecule has 14 heavy (non-hydrogen) atoms. The second-order valence-corrected chi connectivity index (χ2v) is 2.68. The molecule has 0 heterocycles. The van der Waals surface area contributed by atoms with Crippen LogP contribution in [0.1, 0.15) is 13.3 Å². The van der Waals surface area contributed by atoms with Crippen LogP contribution in [0.15, 0.2) is 36.8 Å². The van der Waals surface area contributed by atoms with E-state index >= 15 is 0 Å². The average molecular weight is 197 g/mol. The minimum atomic E-state index is -0.692. The first-order chi connectivity index (χ1) is 6.45. The molecule has 0 aliphatic rings. The van der Waals surface area contributed by atoms with Crippen molar-refractivity contribution in [3.05, 3.63) is 36.8 Å². The summed E-state index contributed by atoms with van der Waals surface area (Å²) in [5.74, 6) is -1.45. The maximum absolute atomic E-state index is 12.3. The van der Waals surface area contributed by atoms with Gasteiger partial charge in [-0.3, -0.25) is 9.59 Å². The number of amides is 1. The maximum Gasteiger partial charge on any atom is 0.231 e. The highest BCUT2D eigenvalue weighted by Gasteiger charge is 2.05. The van der Waals surface area contributed by atoms with Gasteiger partial charge in [-0.15, -0.1) is 0 Å². The number of hydrogen-bond donors (Lipinski definition) is 1. The third-order valence-corrected chi connectivity index (χ3v) is 1.23. The van der Waals surface area contributed by atoms with Crippen LogP contribution in [0.3, 0.4) is 0 Å². The number of ketones is 1. The molecule has 0 bridgehead atoms. The Bertz CT molecular complexity index is 305. The zero-order valence-electron chi connectivity index (χ0n) is 7.97. The van der Waals surface area contributed by atoms with E-state index in [1.54, 1.807) is 0 Å². The molecule has 0 radical (unpaired) electrons. The number of rotatable bonds is 5. The fraction of sp³-hybridized carbons (Fsp3) is 0.200. The van der Waals surface area contributed by atoms with Crippen molar-refractivity contribution in [2.75, 3.05) is 0 Å². The van der Waals surface area contributed by atoms with E-state index in [2.05, 4.69) is 18.5 Å². The predicted molar refractivity (Wildman–Crippen MR) is 52.0 cm³/mol. The maximum atomic E-state index is 12.3. The Morgan fingerprint density at radius 3 is 2.43 bits per heavy atom. The fourth-order valence-electron chi connectivity index (χ4n) is 0.746. The lowest BCUT2D eigenvalue weighted by molar-refractivity contribution is -0.126. The van der Waals surface area contributed by atoms with E-state index < -0.39 is 11.7 Å². The topological polar surface area (TPSA) is 46.2 Å². The molecule has 0 aromatic heterocycles. The number of carbonyl (C=O) groups excluding carboxylic acids is 2. The van der Waals surface area contributed by atoms with E-state index in [1.165, 1.54) is 13.0 Å². The summed E-state index contributed by atoms with van der Waals surface area (Å²) in [6, 6.07) is 0. The lowest BCUT2D eigenvalue weighted by atomic mass is 10.3. The van der Waals surface area contributed by atoms with Crippen molar-refractivity contribution in [3.8, 4) is 0 Å². The quantitative estimate of drug-likeness (QED) is 0.538. The van der Waals surface area contributed by atoms with Gasteiger partial charge in [0.25, 0.3) is 0 Å². The van der Waals surface area contributed by atoms with Crippen LogP contribution in [0.4, 0.5) is 4.39 Å². The van der Waals surface area contributed by atoms with Gasteiger partial charge in [0.15, 0.2) is 0 Å². The molecule has 0 unspecified atom stereocenters. The van der Waals surface area contributed by atoms with E-state index in [4.69, 9.17) is 0 Å². The molecule has 4 heteroatoms. The molecule has 3 nitrogen and oxygen atoms in total. The van der Waals surface area contributed by atoms with Crippen molar-refractivity contribution in [1.82, 2.24) is 5.32 Å². The van der Waals surface area contributed by atoms with E-state index in [9.17, 15) is 14.0 Å². The van der Waals surface area contributed by atoms with Crippen LogP contribution in [0.5, 0.6) is 0 Å². The second kappa shape index (κ2) is 5.85. The minimum Gasteiger partial charge on any atom is -0.326 e. The van der Waals surface area contributed by atoms with E-state index in [0.717, 1.165) is 6.08 Å². The van der Waals surface area contributed by atoms with Gasteiger partial charge in [0.1, 0.15) is 11.6 Å². The first-order valence-electron chi connectivity index (χ1n) is 3.93. The molecule has 0 saturated heterocycles. The first kappa shape index (κ1) is 12.3. The number of halogens is 1. The largest absolute Gasteiger partial charge is 0.326 e. The highest BCUT2D eigenvalue weighted by Crippen LogP contribution is 2.00. The van der Waals surface area contributed by atoms with E-state index in [-0.39, 0.29) is 17.9 Å². The summed E-state index contributed by atoms with van der Waals surface area (Å²) in [5.41, 5.74) is 0.184. The molecule has 0 aliphatic heterocycles. The van der Waals surface area contributed by atoms with Gasteiger partial charge in [-0.1, -0.05) is 13.2 Å². The van der Waals surface area contributed by atoms with Gasteiger partial charge in [0.05, 0.1) is 6.42 Å². The Morgan fingerprint density at radius 1 is 1.50 bits per heavy atom. The lowest BCUT2D eigenvalue weighted by Gasteiger charge is -2.03. The molecule has 0 fully saturated rings. The summed E-state index contributed by atoms with van der Waals surface area (Å²) in [5, 5.41) is 2.31. The van der Waals surface area contributed by atoms with Crippen LogP contribution in [0.2, 0.25) is 0 Å². The zero-order valence-corrected chi connectivity index (χ0v) is 7.97. The molecule has 1 N–H and O–H groups in total. The van der Waals surface area contributed by atoms with Gasteiger partial charge < -0.3 is 5.32 Å². The zero-order chi connectivity index (χ0) is 11.1. The van der Waals surface area contributed by atoms with Gasteiger partial charge >= 0.3 is 0 Å². The van der Waals surface area contributed by atoms with Crippen molar-refractivity contribution >= 4 is 11.7 Å². The Morgan fingerprint density at radius 2 is 2.07 bits per heavy atom. The summed E-state index contributed by atoms with van der Waals surface area (Å²) < 4.78 is 12.3. The summed E-state index contributed by atoms with van der Waals surface area (Å²) in [7, 11) is 0. The standard InChI is InChI=1S/C10H12FNO2/c1-4-9(5-7(2)11)12-10(14)6-8(3)13/h4-5H,1-2,6H2,3H3,(H,12,14)/b9-5+. The van der Waals surface area contributed by atoms with Crippen LogP contribution in [-0.4, -0.2) is 11.7 Å². The summed E-state index contributed by atoms with van der Waals surface area (Å²) in [6.07, 6.45) is 2.05. The Kier molecular flexibility index (Phi) is 5.14.